The summed E-state index contributed by atoms with van der Waals surface area (Å²) in [5.41, 5.74) is 0. The Morgan fingerprint density at radius 3 is 2.86 bits per heavy atom. The summed E-state index contributed by atoms with van der Waals surface area (Å²) in [7, 11) is 0. The minimum atomic E-state index is 0.0923. The molecule has 110 valence electrons. The lowest BCUT2D eigenvalue weighted by atomic mass is 10.0. The maximum Gasteiger partial charge on any atom is 0.260 e. The summed E-state index contributed by atoms with van der Waals surface area (Å²) in [6.45, 7) is 4.05. The van der Waals surface area contributed by atoms with Crippen LogP contribution in [0.2, 0.25) is 0 Å². The van der Waals surface area contributed by atoms with Crippen molar-refractivity contribution >= 4 is 16.7 Å². The molecule has 2 aromatic carbocycles. The quantitative estimate of drug-likeness (QED) is 0.863. The highest BCUT2D eigenvalue weighted by molar-refractivity contribution is 5.84. The molecule has 0 aliphatic carbocycles. The van der Waals surface area contributed by atoms with E-state index in [4.69, 9.17) is 4.74 Å². The fourth-order valence-electron chi connectivity index (χ4n) is 2.91. The first-order valence-electron chi connectivity index (χ1n) is 7.62. The summed E-state index contributed by atoms with van der Waals surface area (Å²) in [6, 6.07) is 14.1. The van der Waals surface area contributed by atoms with Crippen LogP contribution < -0.4 is 4.74 Å². The molecule has 0 N–H and O–H groups in total. The van der Waals surface area contributed by atoms with Gasteiger partial charge in [-0.2, -0.15) is 0 Å². The van der Waals surface area contributed by atoms with Crippen molar-refractivity contribution in [2.45, 2.75) is 19.8 Å². The molecule has 1 heterocycles. The molecular weight excluding hydrogens is 262 g/mol. The van der Waals surface area contributed by atoms with Crippen molar-refractivity contribution in [3.63, 3.8) is 0 Å². The van der Waals surface area contributed by atoms with Crippen LogP contribution >= 0.6 is 0 Å². The topological polar surface area (TPSA) is 29.5 Å². The maximum atomic E-state index is 12.2. The molecule has 0 saturated carbocycles. The average molecular weight is 283 g/mol. The van der Waals surface area contributed by atoms with E-state index in [0.717, 1.165) is 30.6 Å². The zero-order valence-electron chi connectivity index (χ0n) is 12.4. The summed E-state index contributed by atoms with van der Waals surface area (Å²) < 4.78 is 5.67. The van der Waals surface area contributed by atoms with Crippen LogP contribution in [0.1, 0.15) is 19.8 Å². The summed E-state index contributed by atoms with van der Waals surface area (Å²) in [4.78, 5) is 14.1. The van der Waals surface area contributed by atoms with Crippen LogP contribution in [-0.4, -0.2) is 30.5 Å². The number of likely N-dealkylation sites (tertiary alicyclic amines) is 1. The Labute approximate surface area is 125 Å². The normalized spacial score (nSPS) is 18.7. The van der Waals surface area contributed by atoms with Crippen LogP contribution in [0.5, 0.6) is 5.75 Å². The van der Waals surface area contributed by atoms with Gasteiger partial charge in [0.15, 0.2) is 6.61 Å². The van der Waals surface area contributed by atoms with E-state index in [1.54, 1.807) is 0 Å². The zero-order valence-corrected chi connectivity index (χ0v) is 12.4. The van der Waals surface area contributed by atoms with Gasteiger partial charge in [-0.1, -0.05) is 37.3 Å². The molecule has 1 amide bonds. The van der Waals surface area contributed by atoms with Gasteiger partial charge in [-0.05, 0) is 41.7 Å². The number of carbonyl (C=O) groups excluding carboxylic acids is 1. The Morgan fingerprint density at radius 1 is 1.24 bits per heavy atom. The first kappa shape index (κ1) is 13.9. The van der Waals surface area contributed by atoms with E-state index in [-0.39, 0.29) is 12.5 Å². The van der Waals surface area contributed by atoms with E-state index < -0.39 is 0 Å². The van der Waals surface area contributed by atoms with Crippen molar-refractivity contribution in [2.75, 3.05) is 19.7 Å². The highest BCUT2D eigenvalue weighted by atomic mass is 16.5. The summed E-state index contributed by atoms with van der Waals surface area (Å²) in [5.74, 6) is 1.45. The van der Waals surface area contributed by atoms with Gasteiger partial charge in [0.2, 0.25) is 0 Å². The third-order valence-electron chi connectivity index (χ3n) is 4.09. The van der Waals surface area contributed by atoms with Crippen LogP contribution in [0.4, 0.5) is 0 Å². The summed E-state index contributed by atoms with van der Waals surface area (Å²) >= 11 is 0. The highest BCUT2D eigenvalue weighted by Gasteiger charge is 2.21. The summed E-state index contributed by atoms with van der Waals surface area (Å²) in [5, 5.41) is 2.31. The summed E-state index contributed by atoms with van der Waals surface area (Å²) in [6.07, 6.45) is 2.32. The molecule has 0 radical (unpaired) electrons. The maximum absolute atomic E-state index is 12.2. The van der Waals surface area contributed by atoms with Gasteiger partial charge in [0, 0.05) is 13.1 Å². The number of rotatable bonds is 3. The lowest BCUT2D eigenvalue weighted by Crippen LogP contribution is -2.41. The van der Waals surface area contributed by atoms with Gasteiger partial charge in [-0.25, -0.2) is 0 Å². The number of fused-ring (bicyclic) bond motifs is 1. The second-order valence-electron chi connectivity index (χ2n) is 5.88. The van der Waals surface area contributed by atoms with Crippen LogP contribution in [0.3, 0.4) is 0 Å². The van der Waals surface area contributed by atoms with Crippen molar-refractivity contribution in [3.05, 3.63) is 42.5 Å². The van der Waals surface area contributed by atoms with Gasteiger partial charge in [0.1, 0.15) is 5.75 Å². The molecule has 1 saturated heterocycles. The molecule has 1 fully saturated rings. The van der Waals surface area contributed by atoms with Crippen LogP contribution in [-0.2, 0) is 4.79 Å². The Balaban J connectivity index is 1.61. The second-order valence-corrected chi connectivity index (χ2v) is 5.88. The molecule has 1 atom stereocenters. The van der Waals surface area contributed by atoms with E-state index >= 15 is 0 Å². The van der Waals surface area contributed by atoms with Gasteiger partial charge < -0.3 is 9.64 Å². The Bertz CT molecular complexity index is 638. The Morgan fingerprint density at radius 2 is 2.05 bits per heavy atom. The van der Waals surface area contributed by atoms with Crippen molar-refractivity contribution < 1.29 is 9.53 Å². The van der Waals surface area contributed by atoms with Crippen molar-refractivity contribution in [1.29, 1.82) is 0 Å². The van der Waals surface area contributed by atoms with Gasteiger partial charge in [0.05, 0.1) is 0 Å². The van der Waals surface area contributed by atoms with Gasteiger partial charge in [0.25, 0.3) is 5.91 Å². The lowest BCUT2D eigenvalue weighted by Gasteiger charge is -2.30. The van der Waals surface area contributed by atoms with E-state index in [1.807, 2.05) is 35.2 Å². The molecule has 3 nitrogen and oxygen atoms in total. The fourth-order valence-corrected chi connectivity index (χ4v) is 2.91. The zero-order chi connectivity index (χ0) is 14.7. The molecule has 0 spiro atoms. The largest absolute Gasteiger partial charge is 0.484 e. The van der Waals surface area contributed by atoms with Crippen LogP contribution in [0.25, 0.3) is 10.8 Å². The average Bonchev–Trinajstić information content (AvgIpc) is 2.52. The van der Waals surface area contributed by atoms with Crippen LogP contribution in [0.15, 0.2) is 42.5 Å². The van der Waals surface area contributed by atoms with E-state index in [2.05, 4.69) is 19.1 Å². The number of carbonyl (C=O) groups is 1. The van der Waals surface area contributed by atoms with E-state index in [0.29, 0.717) is 5.92 Å². The van der Waals surface area contributed by atoms with Gasteiger partial charge >= 0.3 is 0 Å². The monoisotopic (exact) mass is 283 g/mol. The molecular formula is C18H21NO2. The number of nitrogens with zero attached hydrogens (tertiary/aromatic N) is 1. The smallest absolute Gasteiger partial charge is 0.260 e. The van der Waals surface area contributed by atoms with Crippen molar-refractivity contribution in [3.8, 4) is 5.75 Å². The molecule has 2 aromatic rings. The first-order valence-corrected chi connectivity index (χ1v) is 7.62. The predicted molar refractivity (Wildman–Crippen MR) is 84.4 cm³/mol. The number of amides is 1. The van der Waals surface area contributed by atoms with Crippen molar-refractivity contribution in [2.24, 2.45) is 5.92 Å². The standard InChI is InChI=1S/C18H21NO2/c1-14-5-4-10-19(12-14)18(20)13-21-17-9-8-15-6-2-3-7-16(15)11-17/h2-3,6-9,11,14H,4-5,10,12-13H2,1H3/t14-/m1/s1. The second kappa shape index (κ2) is 6.17. The number of benzene rings is 2. The number of piperidine rings is 1. The number of hydrogen-bond donors (Lipinski definition) is 0. The van der Waals surface area contributed by atoms with Crippen molar-refractivity contribution in [1.82, 2.24) is 4.90 Å². The molecule has 0 unspecified atom stereocenters. The molecule has 1 aliphatic heterocycles. The molecule has 3 heteroatoms. The third-order valence-corrected chi connectivity index (χ3v) is 4.09. The van der Waals surface area contributed by atoms with Gasteiger partial charge in [-0.3, -0.25) is 4.79 Å². The fraction of sp³-hybridized carbons (Fsp3) is 0.389. The number of ether oxygens (including phenoxy) is 1. The predicted octanol–water partition coefficient (Wildman–Crippen LogP) is 3.48. The minimum Gasteiger partial charge on any atom is -0.484 e. The Kier molecular flexibility index (Phi) is 4.09. The molecule has 3 rings (SSSR count). The molecule has 21 heavy (non-hydrogen) atoms. The minimum absolute atomic E-state index is 0.0923. The third kappa shape index (κ3) is 3.35. The van der Waals surface area contributed by atoms with E-state index in [1.165, 1.54) is 11.8 Å². The molecule has 0 bridgehead atoms. The molecule has 1 aliphatic rings. The Hall–Kier alpha value is -2.03. The first-order chi connectivity index (χ1) is 10.2. The lowest BCUT2D eigenvalue weighted by molar-refractivity contribution is -0.135. The highest BCUT2D eigenvalue weighted by Crippen LogP contribution is 2.21. The van der Waals surface area contributed by atoms with Crippen LogP contribution in [0, 0.1) is 5.92 Å². The van der Waals surface area contributed by atoms with Gasteiger partial charge in [-0.15, -0.1) is 0 Å². The molecule has 0 aromatic heterocycles. The number of hydrogen-bond acceptors (Lipinski definition) is 2. The SMILES string of the molecule is C[C@@H]1CCCN(C(=O)COc2ccc3ccccc3c2)C1. The van der Waals surface area contributed by atoms with E-state index in [9.17, 15) is 4.79 Å².